The van der Waals surface area contributed by atoms with Gasteiger partial charge in [0.25, 0.3) is 5.95 Å². The Morgan fingerprint density at radius 2 is 2.15 bits per heavy atom. The van der Waals surface area contributed by atoms with Crippen LogP contribution in [0.15, 0.2) is 23.9 Å². The van der Waals surface area contributed by atoms with Crippen LogP contribution in [0.5, 0.6) is 0 Å². The second-order valence-corrected chi connectivity index (χ2v) is 4.98. The maximum Gasteiger partial charge on any atom is 0.266 e. The molecule has 0 bridgehead atoms. The third kappa shape index (κ3) is 2.34. The lowest BCUT2D eigenvalue weighted by Crippen LogP contribution is -2.31. The van der Waals surface area contributed by atoms with Crippen LogP contribution in [-0.4, -0.2) is 38.3 Å². The van der Waals surface area contributed by atoms with Gasteiger partial charge in [0.05, 0.1) is 7.05 Å². The predicted molar refractivity (Wildman–Crippen MR) is 76.9 cm³/mol. The lowest BCUT2D eigenvalue weighted by molar-refractivity contribution is 0.628. The summed E-state index contributed by atoms with van der Waals surface area (Å²) in [6.07, 6.45) is 2.81. The topological polar surface area (TPSA) is 85.8 Å². The Bertz CT molecular complexity index is 641. The van der Waals surface area contributed by atoms with Crippen molar-refractivity contribution >= 4 is 17.3 Å². The minimum absolute atomic E-state index is 0.537. The van der Waals surface area contributed by atoms with E-state index in [1.165, 1.54) is 15.9 Å². The highest BCUT2D eigenvalue weighted by atomic mass is 15.6. The third-order valence-electron chi connectivity index (χ3n) is 3.54. The Morgan fingerprint density at radius 1 is 1.30 bits per heavy atom. The fourth-order valence-electron chi connectivity index (χ4n) is 2.35. The van der Waals surface area contributed by atoms with Crippen molar-refractivity contribution in [3.05, 3.63) is 29.5 Å². The van der Waals surface area contributed by atoms with E-state index in [4.69, 9.17) is 5.73 Å². The Kier molecular flexibility index (Phi) is 3.09. The molecule has 7 heteroatoms. The zero-order valence-electron chi connectivity index (χ0n) is 11.6. The predicted octanol–water partition coefficient (Wildman–Crippen LogP) is 0.871. The van der Waals surface area contributed by atoms with Crippen LogP contribution in [0, 0.1) is 0 Å². The van der Waals surface area contributed by atoms with E-state index in [9.17, 15) is 0 Å². The molecule has 0 aromatic carbocycles. The normalized spacial score (nSPS) is 15.8. The van der Waals surface area contributed by atoms with Gasteiger partial charge in [-0.25, -0.2) is 4.98 Å². The summed E-state index contributed by atoms with van der Waals surface area (Å²) in [5.74, 6) is 1.20. The van der Waals surface area contributed by atoms with Crippen LogP contribution in [-0.2, 0) is 7.05 Å². The second-order valence-electron chi connectivity index (χ2n) is 4.98. The van der Waals surface area contributed by atoms with Crippen LogP contribution in [0.3, 0.4) is 0 Å². The molecule has 1 aliphatic rings. The van der Waals surface area contributed by atoms with Gasteiger partial charge >= 0.3 is 0 Å². The van der Waals surface area contributed by atoms with E-state index < -0.39 is 0 Å². The summed E-state index contributed by atoms with van der Waals surface area (Å²) in [7, 11) is 1.77. The van der Waals surface area contributed by atoms with E-state index in [0.717, 1.165) is 25.1 Å². The molecule has 7 nitrogen and oxygen atoms in total. The van der Waals surface area contributed by atoms with Crippen molar-refractivity contribution in [3.63, 3.8) is 0 Å². The summed E-state index contributed by atoms with van der Waals surface area (Å²) in [6, 6.07) is 3.84. The second kappa shape index (κ2) is 4.92. The van der Waals surface area contributed by atoms with Crippen molar-refractivity contribution in [2.24, 2.45) is 7.05 Å². The van der Waals surface area contributed by atoms with Gasteiger partial charge in [-0.1, -0.05) is 10.7 Å². The summed E-state index contributed by atoms with van der Waals surface area (Å²) >= 11 is 0. The highest BCUT2D eigenvalue weighted by molar-refractivity contribution is 5.73. The molecule has 0 aliphatic carbocycles. The molecule has 0 saturated heterocycles. The minimum Gasteiger partial charge on any atom is -0.384 e. The molecule has 0 unspecified atom stereocenters. The molecule has 3 rings (SSSR count). The van der Waals surface area contributed by atoms with Gasteiger partial charge in [0, 0.05) is 19.3 Å². The molecule has 0 fully saturated rings. The lowest BCUT2D eigenvalue weighted by atomic mass is 9.96. The number of aryl methyl sites for hydroxylation is 1. The first-order valence-corrected chi connectivity index (χ1v) is 6.53. The van der Waals surface area contributed by atoms with Crippen LogP contribution >= 0.6 is 0 Å². The lowest BCUT2D eigenvalue weighted by Gasteiger charge is -2.28. The largest absolute Gasteiger partial charge is 0.384 e. The Labute approximate surface area is 117 Å². The van der Waals surface area contributed by atoms with Crippen molar-refractivity contribution in [1.82, 2.24) is 25.2 Å². The third-order valence-corrected chi connectivity index (χ3v) is 3.54. The van der Waals surface area contributed by atoms with Gasteiger partial charge in [-0.3, -0.25) is 0 Å². The van der Waals surface area contributed by atoms with E-state index >= 15 is 0 Å². The fourth-order valence-corrected chi connectivity index (χ4v) is 2.35. The monoisotopic (exact) mass is 271 g/mol. The molecule has 20 heavy (non-hydrogen) atoms. The van der Waals surface area contributed by atoms with E-state index in [-0.39, 0.29) is 0 Å². The van der Waals surface area contributed by atoms with Gasteiger partial charge in [0.1, 0.15) is 5.82 Å². The molecule has 1 aliphatic heterocycles. The molecule has 0 saturated carbocycles. The molecule has 2 aromatic heterocycles. The molecule has 3 heterocycles. The molecule has 0 radical (unpaired) electrons. The number of aromatic nitrogens is 5. The SMILES string of the molecule is CC1=C(c2ccc(N)nc2)CN(c2nnn(C)n2)CC1. The standard InChI is InChI=1S/C13H17N7/c1-9-5-6-20(13-16-18-19(2)17-13)8-11(9)10-3-4-12(14)15-7-10/h3-4,7H,5-6,8H2,1-2H3,(H2,14,15). The van der Waals surface area contributed by atoms with Gasteiger partial charge in [-0.15, -0.1) is 5.10 Å². The first kappa shape index (κ1) is 12.6. The molecule has 2 N–H and O–H groups in total. The number of hydrogen-bond donors (Lipinski definition) is 1. The number of pyridine rings is 1. The van der Waals surface area contributed by atoms with Gasteiger partial charge < -0.3 is 10.6 Å². The maximum absolute atomic E-state index is 5.64. The fraction of sp³-hybridized carbons (Fsp3) is 0.385. The van der Waals surface area contributed by atoms with Crippen molar-refractivity contribution in [2.45, 2.75) is 13.3 Å². The maximum atomic E-state index is 5.64. The van der Waals surface area contributed by atoms with Crippen molar-refractivity contribution in [3.8, 4) is 0 Å². The van der Waals surface area contributed by atoms with E-state index in [2.05, 4.69) is 32.2 Å². The van der Waals surface area contributed by atoms with E-state index in [1.807, 2.05) is 18.3 Å². The minimum atomic E-state index is 0.537. The molecule has 0 atom stereocenters. The van der Waals surface area contributed by atoms with E-state index in [0.29, 0.717) is 11.8 Å². The van der Waals surface area contributed by atoms with Crippen molar-refractivity contribution in [2.75, 3.05) is 23.7 Å². The van der Waals surface area contributed by atoms with Crippen LogP contribution in [0.1, 0.15) is 18.9 Å². The highest BCUT2D eigenvalue weighted by Gasteiger charge is 2.21. The summed E-state index contributed by atoms with van der Waals surface area (Å²) in [5, 5.41) is 12.2. The average Bonchev–Trinajstić information content (AvgIpc) is 2.87. The number of nitrogens with two attached hydrogens (primary N) is 1. The van der Waals surface area contributed by atoms with Crippen molar-refractivity contribution in [1.29, 1.82) is 0 Å². The molecular formula is C13H17N7. The number of anilines is 2. The molecule has 2 aromatic rings. The first-order valence-electron chi connectivity index (χ1n) is 6.53. The molecular weight excluding hydrogens is 254 g/mol. The molecule has 0 amide bonds. The zero-order valence-corrected chi connectivity index (χ0v) is 11.6. The Balaban J connectivity index is 1.88. The number of tetrazole rings is 1. The summed E-state index contributed by atoms with van der Waals surface area (Å²) in [4.78, 5) is 7.78. The van der Waals surface area contributed by atoms with Crippen molar-refractivity contribution < 1.29 is 0 Å². The van der Waals surface area contributed by atoms with Crippen LogP contribution in [0.2, 0.25) is 0 Å². The number of nitrogens with zero attached hydrogens (tertiary/aromatic N) is 6. The zero-order chi connectivity index (χ0) is 14.1. The summed E-state index contributed by atoms with van der Waals surface area (Å²) < 4.78 is 0. The highest BCUT2D eigenvalue weighted by Crippen LogP contribution is 2.27. The summed E-state index contributed by atoms with van der Waals surface area (Å²) in [6.45, 7) is 3.83. The average molecular weight is 271 g/mol. The number of nitrogen functional groups attached to an aromatic ring is 1. The van der Waals surface area contributed by atoms with Gasteiger partial charge in [0.15, 0.2) is 0 Å². The molecule has 0 spiro atoms. The Hall–Kier alpha value is -2.44. The number of hydrogen-bond acceptors (Lipinski definition) is 6. The van der Waals surface area contributed by atoms with Gasteiger partial charge in [-0.2, -0.15) is 4.80 Å². The Morgan fingerprint density at radius 3 is 2.80 bits per heavy atom. The van der Waals surface area contributed by atoms with Gasteiger partial charge in [0.2, 0.25) is 0 Å². The van der Waals surface area contributed by atoms with Gasteiger partial charge in [-0.05, 0) is 41.8 Å². The summed E-state index contributed by atoms with van der Waals surface area (Å²) in [5.41, 5.74) is 9.38. The van der Waals surface area contributed by atoms with Crippen LogP contribution < -0.4 is 10.6 Å². The first-order chi connectivity index (χ1) is 9.63. The van der Waals surface area contributed by atoms with E-state index in [1.54, 1.807) is 7.05 Å². The number of rotatable bonds is 2. The molecule has 104 valence electrons. The smallest absolute Gasteiger partial charge is 0.266 e. The van der Waals surface area contributed by atoms with Crippen LogP contribution in [0.4, 0.5) is 11.8 Å². The van der Waals surface area contributed by atoms with Crippen LogP contribution in [0.25, 0.3) is 5.57 Å². The quantitative estimate of drug-likeness (QED) is 0.872.